The van der Waals surface area contributed by atoms with Crippen molar-refractivity contribution >= 4 is 23.5 Å². The quantitative estimate of drug-likeness (QED) is 0.622. The Morgan fingerprint density at radius 2 is 1.83 bits per heavy atom. The van der Waals surface area contributed by atoms with Crippen LogP contribution in [0.25, 0.3) is 0 Å². The second kappa shape index (κ2) is 6.35. The van der Waals surface area contributed by atoms with Gasteiger partial charge in [0.2, 0.25) is 0 Å². The Kier molecular flexibility index (Phi) is 5.09. The number of hydrogen-bond acceptors (Lipinski definition) is 4. The van der Waals surface area contributed by atoms with Crippen LogP contribution < -0.4 is 0 Å². The van der Waals surface area contributed by atoms with Gasteiger partial charge in [-0.1, -0.05) is 17.7 Å². The van der Waals surface area contributed by atoms with Crippen molar-refractivity contribution in [2.24, 2.45) is 5.92 Å². The van der Waals surface area contributed by atoms with E-state index in [1.54, 1.807) is 0 Å². The lowest BCUT2D eigenvalue weighted by atomic mass is 9.99. The van der Waals surface area contributed by atoms with Gasteiger partial charge in [-0.05, 0) is 24.1 Å². The van der Waals surface area contributed by atoms with Crippen molar-refractivity contribution in [2.75, 3.05) is 14.2 Å². The van der Waals surface area contributed by atoms with E-state index in [1.165, 1.54) is 12.1 Å². The summed E-state index contributed by atoms with van der Waals surface area (Å²) in [5.41, 5.74) is 0.195. The van der Waals surface area contributed by atoms with Crippen molar-refractivity contribution in [3.05, 3.63) is 34.6 Å². The third-order valence-corrected chi connectivity index (χ3v) is 2.65. The Balaban J connectivity index is 2.96. The lowest BCUT2D eigenvalue weighted by Gasteiger charge is -2.12. The first kappa shape index (κ1) is 14.4. The molecule has 0 bridgehead atoms. The average molecular weight is 275 g/mol. The third-order valence-electron chi connectivity index (χ3n) is 2.41. The van der Waals surface area contributed by atoms with E-state index in [4.69, 9.17) is 11.6 Å². The summed E-state index contributed by atoms with van der Waals surface area (Å²) >= 11 is 5.61. The molecule has 1 rings (SSSR count). The van der Waals surface area contributed by atoms with Crippen LogP contribution in [-0.2, 0) is 25.5 Å². The number of ether oxygens (including phenoxy) is 2. The molecule has 0 N–H and O–H groups in total. The maximum atomic E-state index is 13.6. The number of carbonyl (C=O) groups excluding carboxylic acids is 2. The van der Waals surface area contributed by atoms with Gasteiger partial charge in [-0.2, -0.15) is 0 Å². The predicted molar refractivity (Wildman–Crippen MR) is 62.6 cm³/mol. The smallest absolute Gasteiger partial charge is 0.320 e. The summed E-state index contributed by atoms with van der Waals surface area (Å²) in [6.45, 7) is 0. The summed E-state index contributed by atoms with van der Waals surface area (Å²) < 4.78 is 22.5. The first-order chi connectivity index (χ1) is 8.49. The van der Waals surface area contributed by atoms with Crippen LogP contribution in [0.2, 0.25) is 5.02 Å². The molecule has 0 saturated heterocycles. The Hall–Kier alpha value is -1.62. The van der Waals surface area contributed by atoms with E-state index in [0.29, 0.717) is 0 Å². The van der Waals surface area contributed by atoms with Crippen molar-refractivity contribution < 1.29 is 23.5 Å². The molecule has 0 unspecified atom stereocenters. The molecule has 0 atom stereocenters. The van der Waals surface area contributed by atoms with Crippen molar-refractivity contribution in [3.8, 4) is 0 Å². The number of hydrogen-bond donors (Lipinski definition) is 0. The van der Waals surface area contributed by atoms with E-state index in [-0.39, 0.29) is 17.0 Å². The zero-order valence-corrected chi connectivity index (χ0v) is 10.7. The van der Waals surface area contributed by atoms with Crippen LogP contribution in [0, 0.1) is 11.7 Å². The van der Waals surface area contributed by atoms with Gasteiger partial charge in [-0.3, -0.25) is 9.59 Å². The molecular formula is C12H12ClFO4. The molecule has 0 aliphatic carbocycles. The fraction of sp³-hybridized carbons (Fsp3) is 0.333. The zero-order valence-electron chi connectivity index (χ0n) is 9.91. The molecule has 4 nitrogen and oxygen atoms in total. The second-order valence-electron chi connectivity index (χ2n) is 3.54. The highest BCUT2D eigenvalue weighted by atomic mass is 35.5. The van der Waals surface area contributed by atoms with Gasteiger partial charge in [-0.15, -0.1) is 0 Å². The highest BCUT2D eigenvalue weighted by Gasteiger charge is 2.29. The van der Waals surface area contributed by atoms with Crippen LogP contribution in [0.4, 0.5) is 4.39 Å². The molecule has 0 aromatic heterocycles. The van der Waals surface area contributed by atoms with Gasteiger partial charge in [0.25, 0.3) is 0 Å². The van der Waals surface area contributed by atoms with Crippen LogP contribution in [0.3, 0.4) is 0 Å². The van der Waals surface area contributed by atoms with Crippen LogP contribution in [0.5, 0.6) is 0 Å². The van der Waals surface area contributed by atoms with E-state index >= 15 is 0 Å². The number of carbonyl (C=O) groups is 2. The molecule has 0 radical (unpaired) electrons. The fourth-order valence-electron chi connectivity index (χ4n) is 1.45. The van der Waals surface area contributed by atoms with Crippen molar-refractivity contribution in [1.29, 1.82) is 0 Å². The standard InChI is InChI=1S/C12H12ClFO4/c1-17-11(15)9(12(16)18-2)5-7-3-4-8(13)6-10(7)14/h3-4,6,9H,5H2,1-2H3. The molecule has 0 aliphatic heterocycles. The Morgan fingerprint density at radius 1 is 1.28 bits per heavy atom. The fourth-order valence-corrected chi connectivity index (χ4v) is 1.61. The molecule has 0 saturated carbocycles. The lowest BCUT2D eigenvalue weighted by molar-refractivity contribution is -0.158. The van der Waals surface area contributed by atoms with Gasteiger partial charge in [0.05, 0.1) is 14.2 Å². The van der Waals surface area contributed by atoms with Crippen LogP contribution in [-0.4, -0.2) is 26.2 Å². The summed E-state index contributed by atoms with van der Waals surface area (Å²) in [6.07, 6.45) is -0.137. The molecule has 18 heavy (non-hydrogen) atoms. The highest BCUT2D eigenvalue weighted by molar-refractivity contribution is 6.30. The molecule has 98 valence electrons. The largest absolute Gasteiger partial charge is 0.468 e. The summed E-state index contributed by atoms with van der Waals surface area (Å²) in [6, 6.07) is 4.00. The van der Waals surface area contributed by atoms with Crippen LogP contribution >= 0.6 is 11.6 Å². The summed E-state index contributed by atoms with van der Waals surface area (Å²) in [5.74, 6) is -3.30. The monoisotopic (exact) mass is 274 g/mol. The van der Waals surface area contributed by atoms with Crippen molar-refractivity contribution in [3.63, 3.8) is 0 Å². The van der Waals surface area contributed by atoms with Crippen LogP contribution in [0.1, 0.15) is 5.56 Å². The first-order valence-electron chi connectivity index (χ1n) is 5.09. The van der Waals surface area contributed by atoms with Gasteiger partial charge >= 0.3 is 11.9 Å². The minimum absolute atomic E-state index is 0.137. The molecule has 1 aromatic carbocycles. The van der Waals surface area contributed by atoms with Gasteiger partial charge in [0.15, 0.2) is 5.92 Å². The lowest BCUT2D eigenvalue weighted by Crippen LogP contribution is -2.28. The third kappa shape index (κ3) is 3.43. The zero-order chi connectivity index (χ0) is 13.7. The predicted octanol–water partition coefficient (Wildman–Crippen LogP) is 1.98. The summed E-state index contributed by atoms with van der Waals surface area (Å²) in [7, 11) is 2.30. The number of esters is 2. The van der Waals surface area contributed by atoms with E-state index in [0.717, 1.165) is 20.3 Å². The van der Waals surface area contributed by atoms with Crippen molar-refractivity contribution in [2.45, 2.75) is 6.42 Å². The average Bonchev–Trinajstić information content (AvgIpc) is 2.36. The van der Waals surface area contributed by atoms with E-state index in [9.17, 15) is 14.0 Å². The van der Waals surface area contributed by atoms with Gasteiger partial charge in [-0.25, -0.2) is 4.39 Å². The minimum atomic E-state index is -1.18. The Labute approximate surface area is 109 Å². The van der Waals surface area contributed by atoms with E-state index in [1.807, 2.05) is 0 Å². The molecule has 0 heterocycles. The Bertz CT molecular complexity index is 445. The first-order valence-corrected chi connectivity index (χ1v) is 5.47. The molecule has 0 spiro atoms. The maximum Gasteiger partial charge on any atom is 0.320 e. The van der Waals surface area contributed by atoms with Gasteiger partial charge < -0.3 is 9.47 Å². The normalized spacial score (nSPS) is 10.3. The molecule has 1 aromatic rings. The second-order valence-corrected chi connectivity index (χ2v) is 3.98. The van der Waals surface area contributed by atoms with Gasteiger partial charge in [0, 0.05) is 5.02 Å². The minimum Gasteiger partial charge on any atom is -0.468 e. The number of benzene rings is 1. The van der Waals surface area contributed by atoms with Crippen LogP contribution in [0.15, 0.2) is 18.2 Å². The Morgan fingerprint density at radius 3 is 2.28 bits per heavy atom. The number of rotatable bonds is 4. The summed E-state index contributed by atoms with van der Waals surface area (Å²) in [5, 5.41) is 0.240. The molecule has 6 heteroatoms. The van der Waals surface area contributed by atoms with E-state index in [2.05, 4.69) is 9.47 Å². The van der Waals surface area contributed by atoms with Gasteiger partial charge in [0.1, 0.15) is 5.82 Å². The molecule has 0 amide bonds. The number of methoxy groups -OCH3 is 2. The number of halogens is 2. The van der Waals surface area contributed by atoms with E-state index < -0.39 is 23.7 Å². The topological polar surface area (TPSA) is 52.6 Å². The molecule has 0 fully saturated rings. The van der Waals surface area contributed by atoms with Crippen molar-refractivity contribution in [1.82, 2.24) is 0 Å². The maximum absolute atomic E-state index is 13.6. The summed E-state index contributed by atoms with van der Waals surface area (Å²) in [4.78, 5) is 22.8. The highest BCUT2D eigenvalue weighted by Crippen LogP contribution is 2.19. The molecule has 0 aliphatic rings. The molecular weight excluding hydrogens is 263 g/mol. The SMILES string of the molecule is COC(=O)C(Cc1ccc(Cl)cc1F)C(=O)OC.